The predicted molar refractivity (Wildman–Crippen MR) is 61.2 cm³/mol. The molecule has 0 aliphatic carbocycles. The van der Waals surface area contributed by atoms with Gasteiger partial charge < -0.3 is 25.3 Å². The van der Waals surface area contributed by atoms with E-state index in [1.807, 2.05) is 0 Å². The lowest BCUT2D eigenvalue weighted by Gasteiger charge is -2.25. The summed E-state index contributed by atoms with van der Waals surface area (Å²) < 4.78 is 22.2. The fourth-order valence-corrected chi connectivity index (χ4v) is 4.21. The van der Waals surface area contributed by atoms with Crippen LogP contribution in [0, 0.1) is 0 Å². The summed E-state index contributed by atoms with van der Waals surface area (Å²) in [5.41, 5.74) is 5.78. The van der Waals surface area contributed by atoms with Crippen LogP contribution in [-0.2, 0) is 9.13 Å². The quantitative estimate of drug-likeness (QED) is 0.502. The molecule has 0 heterocycles. The second-order valence-corrected chi connectivity index (χ2v) is 7.40. The summed E-state index contributed by atoms with van der Waals surface area (Å²) in [4.78, 5) is 35.9. The van der Waals surface area contributed by atoms with E-state index < -0.39 is 26.6 Å². The maximum Gasteiger partial charge on any atom is 0.342 e. The third kappa shape index (κ3) is 3.72. The van der Waals surface area contributed by atoms with Crippen LogP contribution >= 0.6 is 15.2 Å². The third-order valence-corrected chi connectivity index (χ3v) is 6.02. The zero-order chi connectivity index (χ0) is 13.3. The van der Waals surface area contributed by atoms with Crippen LogP contribution in [0.3, 0.4) is 0 Å². The number of hydrogen-bond donors (Lipinski definition) is 5. The Hall–Kier alpha value is -0.520. The van der Waals surface area contributed by atoms with Crippen LogP contribution in [0.4, 0.5) is 0 Å². The average molecular weight is 281 g/mol. The molecule has 0 saturated carbocycles. The molecule has 0 fully saturated rings. The highest BCUT2D eigenvalue weighted by Gasteiger charge is 2.47. The monoisotopic (exact) mass is 281 g/mol. The van der Waals surface area contributed by atoms with Gasteiger partial charge >= 0.3 is 15.2 Å². The van der Waals surface area contributed by atoms with Crippen molar-refractivity contribution in [2.75, 3.05) is 0 Å². The van der Waals surface area contributed by atoms with Crippen molar-refractivity contribution < 1.29 is 28.7 Å². The van der Waals surface area contributed by atoms with Gasteiger partial charge in [-0.05, 0) is 5.56 Å². The van der Waals surface area contributed by atoms with Crippen molar-refractivity contribution >= 4 is 15.2 Å². The summed E-state index contributed by atoms with van der Waals surface area (Å²) in [6.07, 6.45) is 0. The molecule has 7 nitrogen and oxygen atoms in total. The number of benzene rings is 1. The van der Waals surface area contributed by atoms with E-state index in [9.17, 15) is 9.13 Å². The molecule has 96 valence electrons. The van der Waals surface area contributed by atoms with Gasteiger partial charge in [-0.1, -0.05) is 30.3 Å². The van der Waals surface area contributed by atoms with E-state index in [1.54, 1.807) is 18.2 Å². The van der Waals surface area contributed by atoms with Gasteiger partial charge in [-0.3, -0.25) is 9.13 Å². The number of rotatable bonds is 4. The molecule has 1 unspecified atom stereocenters. The minimum atomic E-state index is -5.01. The molecule has 6 N–H and O–H groups in total. The maximum atomic E-state index is 11.1. The molecular weight excluding hydrogens is 268 g/mol. The molecule has 1 aromatic rings. The largest absolute Gasteiger partial charge is 0.342 e. The zero-order valence-corrected chi connectivity index (χ0v) is 10.4. The van der Waals surface area contributed by atoms with E-state index in [0.29, 0.717) is 0 Å². The summed E-state index contributed by atoms with van der Waals surface area (Å²) in [7, 11) is -10.0. The summed E-state index contributed by atoms with van der Waals surface area (Å²) in [6.45, 7) is 0. The molecule has 17 heavy (non-hydrogen) atoms. The zero-order valence-electron chi connectivity index (χ0n) is 8.62. The fraction of sp³-hybridized carbons (Fsp3) is 0.250. The minimum absolute atomic E-state index is 0.254. The van der Waals surface area contributed by atoms with Crippen LogP contribution in [-0.4, -0.2) is 25.0 Å². The maximum absolute atomic E-state index is 11.1. The predicted octanol–water partition coefficient (Wildman–Crippen LogP) is 0.368. The van der Waals surface area contributed by atoms with Gasteiger partial charge in [0.2, 0.25) is 0 Å². The lowest BCUT2D eigenvalue weighted by Crippen LogP contribution is -2.26. The first kappa shape index (κ1) is 14.5. The highest BCUT2D eigenvalue weighted by Crippen LogP contribution is 2.63. The molecule has 0 bridgehead atoms. The summed E-state index contributed by atoms with van der Waals surface area (Å²) in [6, 6.07) is 6.24. The van der Waals surface area contributed by atoms with Crippen LogP contribution in [0.5, 0.6) is 0 Å². The van der Waals surface area contributed by atoms with Gasteiger partial charge in [0, 0.05) is 0 Å². The Morgan fingerprint density at radius 3 is 1.71 bits per heavy atom. The molecule has 1 rings (SSSR count). The van der Waals surface area contributed by atoms with Crippen molar-refractivity contribution in [1.29, 1.82) is 0 Å². The molecule has 0 amide bonds. The summed E-state index contributed by atoms with van der Waals surface area (Å²) in [5.74, 6) is 0. The van der Waals surface area contributed by atoms with Crippen LogP contribution in [0.1, 0.15) is 11.6 Å². The molecule has 0 aliphatic rings. The number of hydrogen-bond acceptors (Lipinski definition) is 3. The van der Waals surface area contributed by atoms with E-state index in [0.717, 1.165) is 0 Å². The second-order valence-electron chi connectivity index (χ2n) is 3.53. The van der Waals surface area contributed by atoms with Crippen LogP contribution in [0.15, 0.2) is 30.3 Å². The first-order valence-electron chi connectivity index (χ1n) is 4.55. The van der Waals surface area contributed by atoms with E-state index in [2.05, 4.69) is 0 Å². The minimum Gasteiger partial charge on any atom is -0.324 e. The molecule has 0 saturated heterocycles. The van der Waals surface area contributed by atoms with Crippen molar-refractivity contribution in [2.45, 2.75) is 11.4 Å². The topological polar surface area (TPSA) is 141 Å². The lowest BCUT2D eigenvalue weighted by molar-refractivity contribution is 0.330. The van der Waals surface area contributed by atoms with E-state index >= 15 is 0 Å². The van der Waals surface area contributed by atoms with Crippen molar-refractivity contribution in [1.82, 2.24) is 0 Å². The Bertz CT molecular complexity index is 444. The first-order valence-corrected chi connectivity index (χ1v) is 7.91. The van der Waals surface area contributed by atoms with Gasteiger partial charge in [-0.15, -0.1) is 0 Å². The Labute approximate surface area is 97.6 Å². The van der Waals surface area contributed by atoms with Crippen molar-refractivity contribution in [3.63, 3.8) is 0 Å². The molecule has 0 radical (unpaired) electrons. The second kappa shape index (κ2) is 5.00. The molecule has 0 aromatic heterocycles. The van der Waals surface area contributed by atoms with Crippen LogP contribution in [0.25, 0.3) is 0 Å². The van der Waals surface area contributed by atoms with Gasteiger partial charge in [0.15, 0.2) is 5.40 Å². The summed E-state index contributed by atoms with van der Waals surface area (Å²) >= 11 is 0. The average Bonchev–Trinajstić information content (AvgIpc) is 2.14. The van der Waals surface area contributed by atoms with Crippen molar-refractivity contribution in [2.24, 2.45) is 5.73 Å². The van der Waals surface area contributed by atoms with Gasteiger partial charge in [0.05, 0.1) is 6.04 Å². The van der Waals surface area contributed by atoms with Crippen LogP contribution < -0.4 is 5.73 Å². The molecule has 0 spiro atoms. The molecular formula is C8H13NO6P2. The highest BCUT2D eigenvalue weighted by atomic mass is 31.2. The smallest absolute Gasteiger partial charge is 0.324 e. The van der Waals surface area contributed by atoms with E-state index in [1.165, 1.54) is 12.1 Å². The lowest BCUT2D eigenvalue weighted by atomic mass is 10.1. The van der Waals surface area contributed by atoms with Gasteiger partial charge in [0.1, 0.15) is 0 Å². The summed E-state index contributed by atoms with van der Waals surface area (Å²) in [5, 5.41) is -2.22. The van der Waals surface area contributed by atoms with Gasteiger partial charge in [-0.25, -0.2) is 0 Å². The third-order valence-electron chi connectivity index (χ3n) is 2.19. The Morgan fingerprint density at radius 2 is 1.35 bits per heavy atom. The Morgan fingerprint density at radius 1 is 0.941 bits per heavy atom. The van der Waals surface area contributed by atoms with Gasteiger partial charge in [-0.2, -0.15) is 0 Å². The molecule has 1 aromatic carbocycles. The highest BCUT2D eigenvalue weighted by molar-refractivity contribution is 7.70. The SMILES string of the molecule is NC(c1ccccc1)C(P(=O)(O)O)P(=O)(O)O. The molecule has 9 heteroatoms. The standard InChI is InChI=1S/C8H13NO6P2/c9-7(6-4-2-1-3-5-6)8(16(10,11)12)17(13,14)15/h1-5,7-8H,9H2,(H2,10,11,12)(H2,13,14,15). The van der Waals surface area contributed by atoms with Gasteiger partial charge in [0.25, 0.3) is 0 Å². The number of nitrogens with two attached hydrogens (primary N) is 1. The Kier molecular flexibility index (Phi) is 4.28. The first-order chi connectivity index (χ1) is 7.64. The van der Waals surface area contributed by atoms with Crippen LogP contribution in [0.2, 0.25) is 0 Å². The van der Waals surface area contributed by atoms with Crippen molar-refractivity contribution in [3.05, 3.63) is 35.9 Å². The fourth-order valence-electron chi connectivity index (χ4n) is 1.46. The molecule has 0 aliphatic heterocycles. The normalized spacial score (nSPS) is 14.9. The van der Waals surface area contributed by atoms with Crippen molar-refractivity contribution in [3.8, 4) is 0 Å². The van der Waals surface area contributed by atoms with E-state index in [-0.39, 0.29) is 5.56 Å². The molecule has 1 atom stereocenters. The Balaban J connectivity index is 3.18. The van der Waals surface area contributed by atoms with E-state index in [4.69, 9.17) is 25.3 Å².